The van der Waals surface area contributed by atoms with E-state index in [9.17, 15) is 0 Å². The molecule has 2 atom stereocenters. The zero-order chi connectivity index (χ0) is 8.55. The Bertz CT molecular complexity index is 200. The number of hydrogen-bond donors (Lipinski definition) is 0. The van der Waals surface area contributed by atoms with E-state index in [1.807, 2.05) is 0 Å². The highest BCUT2D eigenvalue weighted by molar-refractivity contribution is 14.1. The van der Waals surface area contributed by atoms with Crippen LogP contribution in [0, 0.1) is 5.92 Å². The van der Waals surface area contributed by atoms with Crippen molar-refractivity contribution in [2.75, 3.05) is 4.55 Å². The lowest BCUT2D eigenvalue weighted by Crippen LogP contribution is -2.33. The van der Waals surface area contributed by atoms with Gasteiger partial charge in [0.05, 0.1) is 4.55 Å². The van der Waals surface area contributed by atoms with E-state index < -0.39 is 0 Å². The van der Waals surface area contributed by atoms with E-state index in [4.69, 9.17) is 0 Å². The first-order chi connectivity index (χ1) is 5.83. The number of fused-ring (bicyclic) bond motifs is 1. The summed E-state index contributed by atoms with van der Waals surface area (Å²) >= 11 is 2.47. The fourth-order valence-corrected chi connectivity index (χ4v) is 3.32. The third-order valence-corrected chi connectivity index (χ3v) is 4.04. The summed E-state index contributed by atoms with van der Waals surface area (Å²) in [5.74, 6) is 0.897. The SMILES string of the molecule is CC1=CN(CI)C2CCCCC12. The molecule has 0 aromatic carbocycles. The zero-order valence-corrected chi connectivity index (χ0v) is 9.75. The third-order valence-electron chi connectivity index (χ3n) is 3.25. The van der Waals surface area contributed by atoms with E-state index >= 15 is 0 Å². The Hall–Kier alpha value is 0.270. The quantitative estimate of drug-likeness (QED) is 0.404. The van der Waals surface area contributed by atoms with Crippen LogP contribution in [0.4, 0.5) is 0 Å². The second-order valence-corrected chi connectivity index (χ2v) is 4.65. The molecule has 0 N–H and O–H groups in total. The van der Waals surface area contributed by atoms with Gasteiger partial charge < -0.3 is 4.90 Å². The smallest absolute Gasteiger partial charge is 0.0697 e. The normalized spacial score (nSPS) is 34.8. The first kappa shape index (κ1) is 8.85. The van der Waals surface area contributed by atoms with Gasteiger partial charge in [0.25, 0.3) is 0 Å². The van der Waals surface area contributed by atoms with E-state index in [-0.39, 0.29) is 0 Å². The molecular formula is C10H16IN. The average Bonchev–Trinajstić information content (AvgIpc) is 2.44. The summed E-state index contributed by atoms with van der Waals surface area (Å²) in [4.78, 5) is 2.53. The molecule has 2 heteroatoms. The fourth-order valence-electron chi connectivity index (χ4n) is 2.62. The fraction of sp³-hybridized carbons (Fsp3) is 0.800. The van der Waals surface area contributed by atoms with Crippen LogP contribution < -0.4 is 0 Å². The molecule has 1 saturated carbocycles. The van der Waals surface area contributed by atoms with Crippen LogP contribution in [0.3, 0.4) is 0 Å². The molecule has 12 heavy (non-hydrogen) atoms. The molecule has 2 aliphatic rings. The van der Waals surface area contributed by atoms with E-state index in [0.29, 0.717) is 0 Å². The molecule has 1 aliphatic heterocycles. The number of alkyl halides is 1. The monoisotopic (exact) mass is 277 g/mol. The predicted octanol–water partition coefficient (Wildman–Crippen LogP) is 3.16. The van der Waals surface area contributed by atoms with Crippen LogP contribution in [0.2, 0.25) is 0 Å². The maximum atomic E-state index is 2.53. The number of halogens is 1. The molecule has 2 rings (SSSR count). The first-order valence-corrected chi connectivity index (χ1v) is 6.35. The summed E-state index contributed by atoms with van der Waals surface area (Å²) in [6.45, 7) is 2.30. The van der Waals surface area contributed by atoms with Crippen LogP contribution in [0.5, 0.6) is 0 Å². The largest absolute Gasteiger partial charge is 0.365 e. The predicted molar refractivity (Wildman–Crippen MR) is 60.2 cm³/mol. The minimum atomic E-state index is 0.857. The van der Waals surface area contributed by atoms with Crippen LogP contribution in [0.1, 0.15) is 32.6 Å². The maximum absolute atomic E-state index is 2.53. The van der Waals surface area contributed by atoms with Crippen molar-refractivity contribution in [2.24, 2.45) is 5.92 Å². The van der Waals surface area contributed by atoms with Crippen molar-refractivity contribution in [3.63, 3.8) is 0 Å². The molecule has 1 nitrogen and oxygen atoms in total. The molecule has 0 amide bonds. The van der Waals surface area contributed by atoms with Gasteiger partial charge in [-0.05, 0) is 26.0 Å². The molecule has 1 heterocycles. The van der Waals surface area contributed by atoms with Crippen molar-refractivity contribution in [2.45, 2.75) is 38.6 Å². The number of rotatable bonds is 1. The van der Waals surface area contributed by atoms with Gasteiger partial charge in [0.1, 0.15) is 0 Å². The third kappa shape index (κ3) is 1.38. The van der Waals surface area contributed by atoms with Gasteiger partial charge in [-0.3, -0.25) is 0 Å². The Kier molecular flexibility index (Phi) is 2.63. The highest BCUT2D eigenvalue weighted by atomic mass is 127. The Balaban J connectivity index is 2.12. The van der Waals surface area contributed by atoms with Gasteiger partial charge in [-0.15, -0.1) is 0 Å². The van der Waals surface area contributed by atoms with E-state index in [0.717, 1.165) is 16.5 Å². The van der Waals surface area contributed by atoms with Crippen molar-refractivity contribution < 1.29 is 0 Å². The van der Waals surface area contributed by atoms with Crippen molar-refractivity contribution in [3.05, 3.63) is 11.8 Å². The molecule has 0 radical (unpaired) electrons. The van der Waals surface area contributed by atoms with E-state index in [1.165, 1.54) is 25.7 Å². The Morgan fingerprint density at radius 1 is 1.50 bits per heavy atom. The van der Waals surface area contributed by atoms with E-state index in [2.05, 4.69) is 40.6 Å². The van der Waals surface area contributed by atoms with Crippen LogP contribution in [0.15, 0.2) is 11.8 Å². The Morgan fingerprint density at radius 3 is 3.00 bits per heavy atom. The van der Waals surface area contributed by atoms with Gasteiger partial charge in [0, 0.05) is 12.0 Å². The lowest BCUT2D eigenvalue weighted by atomic mass is 9.82. The highest BCUT2D eigenvalue weighted by Crippen LogP contribution is 2.38. The van der Waals surface area contributed by atoms with Gasteiger partial charge in [0.2, 0.25) is 0 Å². The van der Waals surface area contributed by atoms with Gasteiger partial charge in [-0.25, -0.2) is 0 Å². The number of hydrogen-bond acceptors (Lipinski definition) is 1. The van der Waals surface area contributed by atoms with Crippen molar-refractivity contribution in [3.8, 4) is 0 Å². The second-order valence-electron chi connectivity index (χ2n) is 3.97. The van der Waals surface area contributed by atoms with Crippen molar-refractivity contribution >= 4 is 22.6 Å². The molecule has 0 saturated heterocycles. The second kappa shape index (κ2) is 3.56. The van der Waals surface area contributed by atoms with Gasteiger partial charge in [-0.2, -0.15) is 0 Å². The summed E-state index contributed by atoms with van der Waals surface area (Å²) in [5.41, 5.74) is 1.62. The molecule has 0 aromatic heterocycles. The summed E-state index contributed by atoms with van der Waals surface area (Å²) in [5, 5.41) is 0. The van der Waals surface area contributed by atoms with Crippen molar-refractivity contribution in [1.82, 2.24) is 4.90 Å². The van der Waals surface area contributed by atoms with E-state index in [1.54, 1.807) is 5.57 Å². The molecule has 1 fully saturated rings. The molecule has 0 aromatic rings. The summed E-state index contributed by atoms with van der Waals surface area (Å²) in [6, 6.07) is 0.857. The number of nitrogens with zero attached hydrogens (tertiary/aromatic N) is 1. The van der Waals surface area contributed by atoms with Crippen LogP contribution in [0.25, 0.3) is 0 Å². The summed E-state index contributed by atoms with van der Waals surface area (Å²) in [7, 11) is 0. The minimum absolute atomic E-state index is 0.857. The molecule has 0 bridgehead atoms. The standard InChI is InChI=1S/C10H16IN/c1-8-6-12(7-11)10-5-3-2-4-9(8)10/h6,9-10H,2-5,7H2,1H3. The van der Waals surface area contributed by atoms with Crippen LogP contribution in [-0.4, -0.2) is 15.5 Å². The molecule has 0 spiro atoms. The topological polar surface area (TPSA) is 3.24 Å². The maximum Gasteiger partial charge on any atom is 0.0697 e. The average molecular weight is 277 g/mol. The minimum Gasteiger partial charge on any atom is -0.365 e. The molecular weight excluding hydrogens is 261 g/mol. The lowest BCUT2D eigenvalue weighted by Gasteiger charge is -2.32. The molecule has 2 unspecified atom stereocenters. The zero-order valence-electron chi connectivity index (χ0n) is 7.59. The van der Waals surface area contributed by atoms with Gasteiger partial charge in [-0.1, -0.05) is 41.0 Å². The Morgan fingerprint density at radius 2 is 2.25 bits per heavy atom. The summed E-state index contributed by atoms with van der Waals surface area (Å²) in [6.07, 6.45) is 8.12. The summed E-state index contributed by atoms with van der Waals surface area (Å²) < 4.78 is 1.16. The van der Waals surface area contributed by atoms with Crippen LogP contribution >= 0.6 is 22.6 Å². The van der Waals surface area contributed by atoms with Gasteiger partial charge in [0.15, 0.2) is 0 Å². The molecule has 1 aliphatic carbocycles. The first-order valence-electron chi connectivity index (χ1n) is 4.83. The highest BCUT2D eigenvalue weighted by Gasteiger charge is 2.33. The lowest BCUT2D eigenvalue weighted by molar-refractivity contribution is 0.226. The van der Waals surface area contributed by atoms with Crippen molar-refractivity contribution in [1.29, 1.82) is 0 Å². The molecule has 68 valence electrons. The Labute approximate surface area is 88.3 Å². The van der Waals surface area contributed by atoms with Crippen LogP contribution in [-0.2, 0) is 0 Å². The van der Waals surface area contributed by atoms with Gasteiger partial charge >= 0.3 is 0 Å².